The lowest BCUT2D eigenvalue weighted by atomic mass is 10.0. The minimum Gasteiger partial charge on any atom is -0.324 e. The molecule has 0 aliphatic heterocycles. The van der Waals surface area contributed by atoms with Crippen LogP contribution < -0.4 is 5.73 Å². The summed E-state index contributed by atoms with van der Waals surface area (Å²) in [5.41, 5.74) is 8.38. The maximum atomic E-state index is 6.21. The van der Waals surface area contributed by atoms with Crippen LogP contribution >= 0.6 is 66.4 Å². The Bertz CT molecular complexity index is 571. The summed E-state index contributed by atoms with van der Waals surface area (Å²) in [5.74, 6) is 0. The van der Waals surface area contributed by atoms with E-state index in [-0.39, 0.29) is 6.04 Å². The van der Waals surface area contributed by atoms with E-state index in [0.717, 1.165) is 25.1 Å². The minimum absolute atomic E-state index is 0.0702. The summed E-state index contributed by atoms with van der Waals surface area (Å²) in [7, 11) is 0. The Hall–Kier alpha value is 0.420. The van der Waals surface area contributed by atoms with Crippen molar-refractivity contribution in [3.8, 4) is 0 Å². The van der Waals surface area contributed by atoms with E-state index in [1.165, 1.54) is 0 Å². The quantitative estimate of drug-likeness (QED) is 0.653. The van der Waals surface area contributed by atoms with Gasteiger partial charge in [-0.05, 0) is 67.6 Å². The van der Waals surface area contributed by atoms with E-state index >= 15 is 0 Å². The molecule has 2 rings (SSSR count). The van der Waals surface area contributed by atoms with Crippen LogP contribution in [0.25, 0.3) is 0 Å². The van der Waals surface area contributed by atoms with Crippen molar-refractivity contribution < 1.29 is 0 Å². The molecule has 2 N–H and O–H groups in total. The van der Waals surface area contributed by atoms with E-state index in [4.69, 9.17) is 28.9 Å². The zero-order valence-corrected chi connectivity index (χ0v) is 14.6. The molecular formula is C12H9Br2Cl2NS. The summed E-state index contributed by atoms with van der Waals surface area (Å²) in [4.78, 5) is 0. The van der Waals surface area contributed by atoms with Crippen LogP contribution in [-0.2, 0) is 6.42 Å². The van der Waals surface area contributed by atoms with Gasteiger partial charge in [0.2, 0.25) is 0 Å². The van der Waals surface area contributed by atoms with Gasteiger partial charge in [-0.3, -0.25) is 0 Å². The van der Waals surface area contributed by atoms with E-state index in [2.05, 4.69) is 31.9 Å². The largest absolute Gasteiger partial charge is 0.324 e. The Labute approximate surface area is 137 Å². The molecule has 0 aliphatic carbocycles. The molecule has 0 spiro atoms. The van der Waals surface area contributed by atoms with Gasteiger partial charge in [0, 0.05) is 6.04 Å². The highest BCUT2D eigenvalue weighted by molar-refractivity contribution is 9.12. The first-order valence-electron chi connectivity index (χ1n) is 5.11. The van der Waals surface area contributed by atoms with Crippen LogP contribution in [0.1, 0.15) is 17.2 Å². The summed E-state index contributed by atoms with van der Waals surface area (Å²) in [6, 6.07) is 7.57. The zero-order chi connectivity index (χ0) is 13.3. The number of rotatable bonds is 3. The molecule has 1 heterocycles. The molecule has 0 amide bonds. The Kier molecular flexibility index (Phi) is 5.14. The number of hydrogen-bond donors (Lipinski definition) is 1. The normalized spacial score (nSPS) is 12.7. The van der Waals surface area contributed by atoms with Gasteiger partial charge < -0.3 is 5.73 Å². The Morgan fingerprint density at radius 1 is 1.17 bits per heavy atom. The van der Waals surface area contributed by atoms with Crippen molar-refractivity contribution in [1.82, 2.24) is 0 Å². The van der Waals surface area contributed by atoms with Crippen molar-refractivity contribution in [1.29, 1.82) is 0 Å². The molecule has 1 nitrogen and oxygen atoms in total. The predicted octanol–water partition coefficient (Wildman–Crippen LogP) is 5.82. The number of halogens is 4. The van der Waals surface area contributed by atoms with Crippen LogP contribution in [0, 0.1) is 0 Å². The molecule has 0 saturated heterocycles. The number of thiophene rings is 1. The van der Waals surface area contributed by atoms with Gasteiger partial charge >= 0.3 is 0 Å². The van der Waals surface area contributed by atoms with Crippen molar-refractivity contribution >= 4 is 66.4 Å². The van der Waals surface area contributed by atoms with Gasteiger partial charge in [-0.15, -0.1) is 11.3 Å². The van der Waals surface area contributed by atoms with Crippen LogP contribution in [0.15, 0.2) is 31.8 Å². The Morgan fingerprint density at radius 3 is 2.44 bits per heavy atom. The first kappa shape index (κ1) is 14.8. The lowest BCUT2D eigenvalue weighted by Crippen LogP contribution is -2.12. The summed E-state index contributed by atoms with van der Waals surface area (Å²) < 4.78 is 2.12. The molecule has 1 aromatic carbocycles. The van der Waals surface area contributed by atoms with Gasteiger partial charge in [-0.1, -0.05) is 29.3 Å². The van der Waals surface area contributed by atoms with Gasteiger partial charge in [0.15, 0.2) is 0 Å². The van der Waals surface area contributed by atoms with Crippen molar-refractivity contribution in [3.05, 3.63) is 53.0 Å². The first-order chi connectivity index (χ1) is 8.47. The lowest BCUT2D eigenvalue weighted by Gasteiger charge is -2.11. The van der Waals surface area contributed by atoms with Gasteiger partial charge in [-0.2, -0.15) is 0 Å². The average Bonchev–Trinajstić information content (AvgIpc) is 2.63. The van der Waals surface area contributed by atoms with Crippen LogP contribution in [0.2, 0.25) is 10.0 Å². The molecule has 0 aliphatic rings. The number of nitrogens with two attached hydrogens (primary N) is 1. The van der Waals surface area contributed by atoms with Gasteiger partial charge in [0.25, 0.3) is 0 Å². The number of hydrogen-bond acceptors (Lipinski definition) is 2. The van der Waals surface area contributed by atoms with E-state index in [0.29, 0.717) is 10.0 Å². The molecule has 1 unspecified atom stereocenters. The minimum atomic E-state index is -0.0702. The first-order valence-corrected chi connectivity index (χ1v) is 8.27. The van der Waals surface area contributed by atoms with Gasteiger partial charge in [-0.25, -0.2) is 0 Å². The Morgan fingerprint density at radius 2 is 1.89 bits per heavy atom. The third kappa shape index (κ3) is 3.50. The summed E-state index contributed by atoms with van der Waals surface area (Å²) >= 11 is 20.5. The topological polar surface area (TPSA) is 26.0 Å². The molecule has 0 fully saturated rings. The molecule has 1 aromatic heterocycles. The van der Waals surface area contributed by atoms with Crippen LogP contribution in [0.5, 0.6) is 0 Å². The molecule has 0 bridgehead atoms. The fraction of sp³-hybridized carbons (Fsp3) is 0.167. The number of benzene rings is 1. The second-order valence-electron chi connectivity index (χ2n) is 3.84. The maximum absolute atomic E-state index is 6.21. The van der Waals surface area contributed by atoms with Crippen molar-refractivity contribution in [2.45, 2.75) is 12.5 Å². The third-order valence-corrected chi connectivity index (χ3v) is 5.65. The van der Waals surface area contributed by atoms with Crippen molar-refractivity contribution in [3.63, 3.8) is 0 Å². The lowest BCUT2D eigenvalue weighted by molar-refractivity contribution is 0.722. The summed E-state index contributed by atoms with van der Waals surface area (Å²) in [6.07, 6.45) is 0.721. The second-order valence-corrected chi connectivity index (χ2v) is 8.40. The van der Waals surface area contributed by atoms with Crippen LogP contribution in [0.3, 0.4) is 0 Å². The standard InChI is InChI=1S/C12H9Br2Cl2NS/c13-11-5-7(12(14)18-11)10(17)4-6-1-2-8(15)9(16)3-6/h1-3,5,10H,4,17H2. The Balaban J connectivity index is 2.18. The van der Waals surface area contributed by atoms with E-state index in [1.807, 2.05) is 18.2 Å². The van der Waals surface area contributed by atoms with Crippen molar-refractivity contribution in [2.75, 3.05) is 0 Å². The molecule has 96 valence electrons. The monoisotopic (exact) mass is 427 g/mol. The molecule has 0 saturated carbocycles. The third-order valence-electron chi connectivity index (χ3n) is 2.52. The van der Waals surface area contributed by atoms with Crippen LogP contribution in [-0.4, -0.2) is 0 Å². The molecule has 0 radical (unpaired) electrons. The average molecular weight is 430 g/mol. The van der Waals surface area contributed by atoms with Gasteiger partial charge in [0.05, 0.1) is 17.6 Å². The van der Waals surface area contributed by atoms with E-state index < -0.39 is 0 Å². The smallest absolute Gasteiger partial charge is 0.0758 e. The SMILES string of the molecule is NC(Cc1ccc(Cl)c(Cl)c1)c1cc(Br)sc1Br. The molecule has 18 heavy (non-hydrogen) atoms. The second kappa shape index (κ2) is 6.25. The molecular weight excluding hydrogens is 421 g/mol. The highest BCUT2D eigenvalue weighted by Crippen LogP contribution is 2.36. The van der Waals surface area contributed by atoms with Crippen LogP contribution in [0.4, 0.5) is 0 Å². The molecule has 2 aromatic rings. The highest BCUT2D eigenvalue weighted by Gasteiger charge is 2.14. The highest BCUT2D eigenvalue weighted by atomic mass is 79.9. The van der Waals surface area contributed by atoms with Crippen molar-refractivity contribution in [2.24, 2.45) is 5.73 Å². The van der Waals surface area contributed by atoms with E-state index in [1.54, 1.807) is 17.4 Å². The summed E-state index contributed by atoms with van der Waals surface area (Å²) in [6.45, 7) is 0. The zero-order valence-electron chi connectivity index (χ0n) is 9.09. The summed E-state index contributed by atoms with van der Waals surface area (Å²) in [5, 5.41) is 1.13. The predicted molar refractivity (Wildman–Crippen MR) is 86.8 cm³/mol. The maximum Gasteiger partial charge on any atom is 0.0758 e. The van der Waals surface area contributed by atoms with Gasteiger partial charge in [0.1, 0.15) is 0 Å². The van der Waals surface area contributed by atoms with E-state index in [9.17, 15) is 0 Å². The fourth-order valence-corrected chi connectivity index (χ4v) is 4.96. The fourth-order valence-electron chi connectivity index (χ4n) is 1.64. The molecule has 1 atom stereocenters. The molecule has 6 heteroatoms.